The Morgan fingerprint density at radius 3 is 2.46 bits per heavy atom. The standard InChI is InChI=1S/C25H28F3N3O6/c1-31(2)14-7-12(9-30-4-3-25(26,27)28)20(33)18-13(14)6-10-5-11-8-15(32)19(24(29)37)23(36)17(11)21(34)16(10)22(18)35/h7,10-11,17,30,33,35-36H,3-6,8-9H2,1-2H3,(H2,29,37). The molecule has 1 aromatic carbocycles. The summed E-state index contributed by atoms with van der Waals surface area (Å²) in [6.45, 7) is -0.491. The zero-order chi connectivity index (χ0) is 27.4. The lowest BCUT2D eigenvalue weighted by Crippen LogP contribution is -2.44. The summed E-state index contributed by atoms with van der Waals surface area (Å²) in [6.07, 6.45) is -5.03. The number of hydrogen-bond acceptors (Lipinski definition) is 8. The van der Waals surface area contributed by atoms with E-state index in [1.54, 1.807) is 25.1 Å². The Kier molecular flexibility index (Phi) is 6.74. The number of alkyl halides is 3. The third-order valence-corrected chi connectivity index (χ3v) is 7.33. The maximum Gasteiger partial charge on any atom is 0.390 e. The summed E-state index contributed by atoms with van der Waals surface area (Å²) < 4.78 is 37.5. The summed E-state index contributed by atoms with van der Waals surface area (Å²) in [4.78, 5) is 39.4. The number of carbonyl (C=O) groups excluding carboxylic acids is 3. The van der Waals surface area contributed by atoms with Crippen molar-refractivity contribution >= 4 is 28.9 Å². The van der Waals surface area contributed by atoms with Gasteiger partial charge in [0.1, 0.15) is 22.8 Å². The molecule has 200 valence electrons. The number of benzene rings is 1. The number of nitrogens with two attached hydrogens (primary N) is 1. The Hall–Kier alpha value is -3.54. The molecule has 1 amide bonds. The first-order valence-corrected chi connectivity index (χ1v) is 11.8. The monoisotopic (exact) mass is 523 g/mol. The Bertz CT molecular complexity index is 1250. The van der Waals surface area contributed by atoms with Crippen molar-refractivity contribution < 1.29 is 42.9 Å². The van der Waals surface area contributed by atoms with Crippen LogP contribution in [-0.4, -0.2) is 59.6 Å². The Morgan fingerprint density at radius 2 is 1.86 bits per heavy atom. The molecule has 3 unspecified atom stereocenters. The van der Waals surface area contributed by atoms with Crippen LogP contribution in [0, 0.1) is 17.8 Å². The first-order valence-electron chi connectivity index (χ1n) is 11.8. The number of nitrogens with one attached hydrogen (secondary N) is 1. The average molecular weight is 524 g/mol. The van der Waals surface area contributed by atoms with Crippen molar-refractivity contribution in [1.29, 1.82) is 0 Å². The topological polar surface area (TPSA) is 153 Å². The molecule has 0 aliphatic heterocycles. The van der Waals surface area contributed by atoms with Crippen LogP contribution in [0.25, 0.3) is 5.76 Å². The van der Waals surface area contributed by atoms with Gasteiger partial charge < -0.3 is 31.3 Å². The largest absolute Gasteiger partial charge is 0.511 e. The summed E-state index contributed by atoms with van der Waals surface area (Å²) in [5.74, 6) is -6.31. The highest BCUT2D eigenvalue weighted by Crippen LogP contribution is 2.52. The van der Waals surface area contributed by atoms with Gasteiger partial charge in [-0.2, -0.15) is 13.2 Å². The number of primary amides is 1. The van der Waals surface area contributed by atoms with Gasteiger partial charge in [-0.3, -0.25) is 14.4 Å². The smallest absolute Gasteiger partial charge is 0.390 e. The fraction of sp³-hybridized carbons (Fsp3) is 0.480. The number of phenols is 1. The number of Topliss-reactive ketones (excluding diaryl/α,β-unsaturated/α-hetero) is 2. The normalized spacial score (nSPS) is 23.5. The zero-order valence-corrected chi connectivity index (χ0v) is 20.3. The molecular weight excluding hydrogens is 495 g/mol. The lowest BCUT2D eigenvalue weighted by atomic mass is 9.61. The van der Waals surface area contributed by atoms with Crippen molar-refractivity contribution in [2.45, 2.75) is 38.4 Å². The second-order valence-corrected chi connectivity index (χ2v) is 9.95. The number of aromatic hydroxyl groups is 1. The van der Waals surface area contributed by atoms with Crippen LogP contribution in [0.5, 0.6) is 5.75 Å². The van der Waals surface area contributed by atoms with Gasteiger partial charge in [0, 0.05) is 50.4 Å². The van der Waals surface area contributed by atoms with E-state index in [1.807, 2.05) is 0 Å². The van der Waals surface area contributed by atoms with Crippen LogP contribution in [0.1, 0.15) is 36.0 Å². The number of aliphatic hydroxyl groups excluding tert-OH is 2. The number of aliphatic hydroxyl groups is 2. The van der Waals surface area contributed by atoms with E-state index >= 15 is 0 Å². The quantitative estimate of drug-likeness (QED) is 0.282. The molecule has 0 heterocycles. The fourth-order valence-corrected chi connectivity index (χ4v) is 5.73. The van der Waals surface area contributed by atoms with Crippen molar-refractivity contribution in [1.82, 2.24) is 5.32 Å². The molecule has 0 saturated heterocycles. The number of halogens is 3. The molecular formula is C25H28F3N3O6. The van der Waals surface area contributed by atoms with Gasteiger partial charge >= 0.3 is 6.18 Å². The minimum atomic E-state index is -4.34. The van der Waals surface area contributed by atoms with E-state index in [2.05, 4.69) is 5.32 Å². The van der Waals surface area contributed by atoms with E-state index < -0.39 is 64.9 Å². The fourth-order valence-electron chi connectivity index (χ4n) is 5.73. The van der Waals surface area contributed by atoms with Crippen LogP contribution in [0.4, 0.5) is 18.9 Å². The molecule has 4 rings (SSSR count). The van der Waals surface area contributed by atoms with Gasteiger partial charge in [0.25, 0.3) is 5.91 Å². The number of allylic oxidation sites excluding steroid dienone is 2. The molecule has 0 radical (unpaired) electrons. The second kappa shape index (κ2) is 9.40. The van der Waals surface area contributed by atoms with Crippen LogP contribution >= 0.6 is 0 Å². The molecule has 12 heteroatoms. The molecule has 0 aromatic heterocycles. The van der Waals surface area contributed by atoms with Gasteiger partial charge in [0.15, 0.2) is 11.6 Å². The van der Waals surface area contributed by atoms with E-state index in [4.69, 9.17) is 5.73 Å². The number of hydrogen-bond donors (Lipinski definition) is 5. The Morgan fingerprint density at radius 1 is 1.19 bits per heavy atom. The summed E-state index contributed by atoms with van der Waals surface area (Å²) in [5, 5.41) is 35.6. The summed E-state index contributed by atoms with van der Waals surface area (Å²) >= 11 is 0. The summed E-state index contributed by atoms with van der Waals surface area (Å²) in [6, 6.07) is 1.62. The number of carbonyl (C=O) groups is 3. The van der Waals surface area contributed by atoms with Gasteiger partial charge in [-0.1, -0.05) is 0 Å². The molecule has 6 N–H and O–H groups in total. The molecule has 3 atom stereocenters. The second-order valence-electron chi connectivity index (χ2n) is 9.95. The van der Waals surface area contributed by atoms with Crippen LogP contribution in [0.15, 0.2) is 23.0 Å². The van der Waals surface area contributed by atoms with Crippen LogP contribution in [0.2, 0.25) is 0 Å². The first kappa shape index (κ1) is 26.5. The summed E-state index contributed by atoms with van der Waals surface area (Å²) in [5.41, 5.74) is 5.99. The maximum atomic E-state index is 13.5. The molecule has 0 spiro atoms. The van der Waals surface area contributed by atoms with Crippen molar-refractivity contribution in [2.24, 2.45) is 23.5 Å². The summed E-state index contributed by atoms with van der Waals surface area (Å²) in [7, 11) is 3.47. The van der Waals surface area contributed by atoms with Gasteiger partial charge in [-0.15, -0.1) is 0 Å². The van der Waals surface area contributed by atoms with Crippen LogP contribution < -0.4 is 16.0 Å². The molecule has 1 aromatic rings. The molecule has 9 nitrogen and oxygen atoms in total. The lowest BCUT2D eigenvalue weighted by molar-refractivity contribution is -0.133. The number of nitrogens with zero attached hydrogens (tertiary/aromatic N) is 1. The first-order chi connectivity index (χ1) is 17.2. The van der Waals surface area contributed by atoms with E-state index in [1.165, 1.54) is 0 Å². The third-order valence-electron chi connectivity index (χ3n) is 7.33. The number of anilines is 1. The number of ketones is 2. The third kappa shape index (κ3) is 4.65. The Labute approximate surface area is 210 Å². The number of amides is 1. The van der Waals surface area contributed by atoms with E-state index in [0.29, 0.717) is 11.3 Å². The molecule has 1 fully saturated rings. The van der Waals surface area contributed by atoms with Gasteiger partial charge in [-0.25, -0.2) is 0 Å². The van der Waals surface area contributed by atoms with Crippen LogP contribution in [0.3, 0.4) is 0 Å². The van der Waals surface area contributed by atoms with Crippen molar-refractivity contribution in [3.63, 3.8) is 0 Å². The van der Waals surface area contributed by atoms with Gasteiger partial charge in [-0.05, 0) is 36.3 Å². The minimum absolute atomic E-state index is 0.00218. The zero-order valence-electron chi connectivity index (χ0n) is 20.3. The lowest BCUT2D eigenvalue weighted by Gasteiger charge is -2.41. The molecule has 0 bridgehead atoms. The maximum absolute atomic E-state index is 13.5. The average Bonchev–Trinajstić information content (AvgIpc) is 2.76. The van der Waals surface area contributed by atoms with Gasteiger partial charge in [0.05, 0.1) is 17.9 Å². The van der Waals surface area contributed by atoms with Crippen molar-refractivity contribution in [3.05, 3.63) is 39.7 Å². The molecule has 3 aliphatic carbocycles. The minimum Gasteiger partial charge on any atom is -0.511 e. The highest BCUT2D eigenvalue weighted by Gasteiger charge is 2.51. The highest BCUT2D eigenvalue weighted by atomic mass is 19.4. The predicted molar refractivity (Wildman–Crippen MR) is 127 cm³/mol. The molecule has 37 heavy (non-hydrogen) atoms. The van der Waals surface area contributed by atoms with Crippen molar-refractivity contribution in [2.75, 3.05) is 25.5 Å². The van der Waals surface area contributed by atoms with E-state index in [0.717, 1.165) is 0 Å². The SMILES string of the molecule is CN(C)c1cc(CNCCC(F)(F)F)c(O)c2c1CC1CC3CC(=O)C(C(N)=O)=C(O)C3C(=O)C1=C2O. The Balaban J connectivity index is 1.77. The van der Waals surface area contributed by atoms with E-state index in [-0.39, 0.29) is 54.8 Å². The highest BCUT2D eigenvalue weighted by molar-refractivity contribution is 6.21. The molecule has 1 saturated carbocycles. The van der Waals surface area contributed by atoms with Crippen LogP contribution in [-0.2, 0) is 27.3 Å². The molecule has 3 aliphatic rings. The van der Waals surface area contributed by atoms with Gasteiger partial charge in [0.2, 0.25) is 0 Å². The number of fused-ring (bicyclic) bond motifs is 3. The number of rotatable bonds is 6. The number of phenolic OH excluding ortho intramolecular Hbond substituents is 1. The predicted octanol–water partition coefficient (Wildman–Crippen LogP) is 2.42. The van der Waals surface area contributed by atoms with Crippen molar-refractivity contribution in [3.8, 4) is 5.75 Å². The van der Waals surface area contributed by atoms with E-state index in [9.17, 15) is 42.9 Å².